The van der Waals surface area contributed by atoms with Gasteiger partial charge in [0.2, 0.25) is 17.7 Å². The minimum Gasteiger partial charge on any atom is -0.481 e. The van der Waals surface area contributed by atoms with Crippen LogP contribution in [-0.2, 0) is 16.1 Å². The average molecular weight is 639 g/mol. The van der Waals surface area contributed by atoms with E-state index in [4.69, 9.17) is 18.9 Å². The van der Waals surface area contributed by atoms with E-state index in [1.54, 1.807) is 12.4 Å². The summed E-state index contributed by atoms with van der Waals surface area (Å²) < 4.78 is 24.8. The second-order valence-electron chi connectivity index (χ2n) is 12.5. The van der Waals surface area contributed by atoms with Crippen molar-refractivity contribution in [2.45, 2.75) is 59.8 Å². The van der Waals surface area contributed by atoms with E-state index in [1.807, 2.05) is 63.8 Å². The van der Waals surface area contributed by atoms with Crippen LogP contribution in [0.15, 0.2) is 48.8 Å². The largest absolute Gasteiger partial charge is 0.481 e. The zero-order chi connectivity index (χ0) is 33.6. The molecule has 0 saturated carbocycles. The summed E-state index contributed by atoms with van der Waals surface area (Å²) in [6, 6.07) is 11.9. The van der Waals surface area contributed by atoms with E-state index in [9.17, 15) is 9.90 Å². The van der Waals surface area contributed by atoms with Crippen LogP contribution < -0.4 is 19.1 Å². The first-order valence-electron chi connectivity index (χ1n) is 15.3. The van der Waals surface area contributed by atoms with Crippen molar-refractivity contribution in [1.29, 1.82) is 0 Å². The van der Waals surface area contributed by atoms with Gasteiger partial charge in [0.25, 0.3) is 0 Å². The second kappa shape index (κ2) is 12.2. The van der Waals surface area contributed by atoms with E-state index in [2.05, 4.69) is 37.5 Å². The summed E-state index contributed by atoms with van der Waals surface area (Å²) in [5.41, 5.74) is 6.48. The normalized spacial score (nSPS) is 13.5. The highest BCUT2D eigenvalue weighted by molar-refractivity contribution is 6.08. The van der Waals surface area contributed by atoms with Crippen molar-refractivity contribution in [3.05, 3.63) is 71.2 Å². The molecule has 1 aliphatic heterocycles. The van der Waals surface area contributed by atoms with E-state index < -0.39 is 17.7 Å². The number of aliphatic carboxylic acids is 1. The van der Waals surface area contributed by atoms with Gasteiger partial charge in [0.15, 0.2) is 11.9 Å². The van der Waals surface area contributed by atoms with Crippen molar-refractivity contribution >= 4 is 28.5 Å². The topological polar surface area (TPSA) is 134 Å². The van der Waals surface area contributed by atoms with Crippen LogP contribution in [0.25, 0.3) is 22.0 Å². The fourth-order valence-electron chi connectivity index (χ4n) is 6.09. The molecular formula is C35H38N6O6. The number of carbonyl (C=O) groups is 1. The molecule has 0 bridgehead atoms. The Morgan fingerprint density at radius 1 is 0.936 bits per heavy atom. The van der Waals surface area contributed by atoms with Gasteiger partial charge in [-0.3, -0.25) is 0 Å². The smallest absolute Gasteiger partial charge is 0.337 e. The standard InChI is InChI=1S/C35H38N6O6/c1-19-9-11-22(12-10-19)28-24-15-20(2)40-13-14-41(29(30(24)40)21(3)27(28)31(32(42)43)47-35(4,5)6)33-36-17-23(18-37-33)46-26-16-25(44-7)38-34(39-26)45-8/h9-12,15-18,31H,13-14H2,1-8H3,(H,42,43)/t31-/m0/s1. The average Bonchev–Trinajstić information content (AvgIpc) is 3.37. The summed E-state index contributed by atoms with van der Waals surface area (Å²) in [6.07, 6.45) is 1.91. The quantitative estimate of drug-likeness (QED) is 0.184. The number of rotatable bonds is 9. The Hall–Kier alpha value is -5.23. The van der Waals surface area contributed by atoms with Gasteiger partial charge in [-0.25, -0.2) is 14.8 Å². The molecule has 2 aromatic carbocycles. The maximum atomic E-state index is 13.0. The molecule has 1 aliphatic rings. The number of hydrogen-bond acceptors (Lipinski definition) is 10. The third-order valence-corrected chi connectivity index (χ3v) is 8.07. The number of nitrogens with zero attached hydrogens (tertiary/aromatic N) is 6. The Labute approximate surface area is 272 Å². The highest BCUT2D eigenvalue weighted by Crippen LogP contribution is 2.49. The Bertz CT molecular complexity index is 1940. The molecule has 1 N–H and O–H groups in total. The molecule has 5 aromatic rings. The predicted molar refractivity (Wildman–Crippen MR) is 177 cm³/mol. The van der Waals surface area contributed by atoms with Crippen molar-refractivity contribution in [2.75, 3.05) is 25.7 Å². The zero-order valence-electron chi connectivity index (χ0n) is 27.8. The fourth-order valence-corrected chi connectivity index (χ4v) is 6.09. The summed E-state index contributed by atoms with van der Waals surface area (Å²) in [4.78, 5) is 32.7. The summed E-state index contributed by atoms with van der Waals surface area (Å²) >= 11 is 0. The highest BCUT2D eigenvalue weighted by Gasteiger charge is 2.36. The van der Waals surface area contributed by atoms with Crippen LogP contribution in [0.3, 0.4) is 0 Å². The monoisotopic (exact) mass is 638 g/mol. The van der Waals surface area contributed by atoms with Gasteiger partial charge in [-0.15, -0.1) is 0 Å². The Balaban J connectivity index is 1.51. The third kappa shape index (κ3) is 6.03. The van der Waals surface area contributed by atoms with Crippen molar-refractivity contribution in [2.24, 2.45) is 0 Å². The number of aromatic nitrogens is 5. The number of hydrogen-bond donors (Lipinski definition) is 1. The van der Waals surface area contributed by atoms with Gasteiger partial charge < -0.3 is 33.5 Å². The first kappa shape index (κ1) is 31.7. The van der Waals surface area contributed by atoms with Crippen LogP contribution in [0.4, 0.5) is 11.6 Å². The van der Waals surface area contributed by atoms with Crippen LogP contribution in [-0.4, -0.2) is 61.9 Å². The van der Waals surface area contributed by atoms with Crippen LogP contribution in [0, 0.1) is 20.8 Å². The Morgan fingerprint density at radius 2 is 1.62 bits per heavy atom. The van der Waals surface area contributed by atoms with Crippen LogP contribution in [0.2, 0.25) is 0 Å². The Morgan fingerprint density at radius 3 is 2.23 bits per heavy atom. The van der Waals surface area contributed by atoms with Gasteiger partial charge in [0.1, 0.15) is 0 Å². The number of anilines is 2. The summed E-state index contributed by atoms with van der Waals surface area (Å²) in [6.45, 7) is 12.9. The number of methoxy groups -OCH3 is 2. The minimum atomic E-state index is -1.22. The lowest BCUT2D eigenvalue weighted by Crippen LogP contribution is -2.32. The summed E-state index contributed by atoms with van der Waals surface area (Å²) in [5, 5.41) is 11.6. The molecule has 0 fully saturated rings. The Kier molecular flexibility index (Phi) is 8.22. The molecule has 12 nitrogen and oxygen atoms in total. The second-order valence-corrected chi connectivity index (χ2v) is 12.5. The molecule has 1 atom stereocenters. The number of aryl methyl sites for hydroxylation is 2. The molecule has 0 amide bonds. The predicted octanol–water partition coefficient (Wildman–Crippen LogP) is 6.72. The van der Waals surface area contributed by atoms with E-state index in [1.165, 1.54) is 20.3 Å². The molecular weight excluding hydrogens is 600 g/mol. The lowest BCUT2D eigenvalue weighted by atomic mass is 9.87. The molecule has 0 spiro atoms. The number of ether oxygens (including phenoxy) is 4. The SMILES string of the molecule is COc1cc(Oc2cnc(N3CCn4c(C)cc5c(-c6ccc(C)cc6)c([C@H](OC(C)(C)C)C(=O)O)c(C)c3c54)nc2)nc(OC)n1. The first-order chi connectivity index (χ1) is 22.4. The van der Waals surface area contributed by atoms with Crippen molar-refractivity contribution < 1.29 is 28.8 Å². The number of carboxylic acid groups (broad SMARTS) is 1. The molecule has 0 unspecified atom stereocenters. The molecule has 244 valence electrons. The molecule has 0 saturated heterocycles. The number of carboxylic acids is 1. The maximum absolute atomic E-state index is 13.0. The van der Waals surface area contributed by atoms with Gasteiger partial charge in [0.05, 0.1) is 49.5 Å². The minimum absolute atomic E-state index is 0.1000. The lowest BCUT2D eigenvalue weighted by molar-refractivity contribution is -0.160. The molecule has 4 heterocycles. The molecule has 0 radical (unpaired) electrons. The molecule has 47 heavy (non-hydrogen) atoms. The summed E-state index contributed by atoms with van der Waals surface area (Å²) in [5.74, 6) is 0.244. The maximum Gasteiger partial charge on any atom is 0.337 e. The van der Waals surface area contributed by atoms with Gasteiger partial charge in [-0.2, -0.15) is 9.97 Å². The molecule has 6 rings (SSSR count). The molecule has 3 aromatic heterocycles. The number of benzene rings is 2. The fraction of sp³-hybridized carbons (Fsp3) is 0.343. The van der Waals surface area contributed by atoms with Crippen LogP contribution >= 0.6 is 0 Å². The van der Waals surface area contributed by atoms with Crippen molar-refractivity contribution in [1.82, 2.24) is 24.5 Å². The van der Waals surface area contributed by atoms with E-state index in [0.29, 0.717) is 30.4 Å². The molecule has 12 heteroatoms. The summed E-state index contributed by atoms with van der Waals surface area (Å²) in [7, 11) is 2.95. The van der Waals surface area contributed by atoms with E-state index in [-0.39, 0.29) is 17.8 Å². The van der Waals surface area contributed by atoms with Crippen LogP contribution in [0.1, 0.15) is 49.3 Å². The highest BCUT2D eigenvalue weighted by atomic mass is 16.5. The van der Waals surface area contributed by atoms with E-state index >= 15 is 0 Å². The van der Waals surface area contributed by atoms with Crippen LogP contribution in [0.5, 0.6) is 23.5 Å². The zero-order valence-corrected chi connectivity index (χ0v) is 27.8. The van der Waals surface area contributed by atoms with Gasteiger partial charge >= 0.3 is 12.0 Å². The molecule has 0 aliphatic carbocycles. The van der Waals surface area contributed by atoms with Gasteiger partial charge in [0, 0.05) is 29.7 Å². The van der Waals surface area contributed by atoms with Gasteiger partial charge in [-0.1, -0.05) is 29.8 Å². The first-order valence-corrected chi connectivity index (χ1v) is 15.3. The lowest BCUT2D eigenvalue weighted by Gasteiger charge is -2.35. The third-order valence-electron chi connectivity index (χ3n) is 8.07. The van der Waals surface area contributed by atoms with Gasteiger partial charge in [-0.05, 0) is 64.3 Å². The van der Waals surface area contributed by atoms with Crippen molar-refractivity contribution in [3.8, 4) is 34.6 Å². The van der Waals surface area contributed by atoms with Crippen molar-refractivity contribution in [3.63, 3.8) is 0 Å². The van der Waals surface area contributed by atoms with E-state index in [0.717, 1.165) is 44.5 Å².